The van der Waals surface area contributed by atoms with Crippen molar-refractivity contribution in [1.29, 1.82) is 5.26 Å². The van der Waals surface area contributed by atoms with Gasteiger partial charge in [0, 0.05) is 28.2 Å². The lowest BCUT2D eigenvalue weighted by Crippen LogP contribution is -2.45. The van der Waals surface area contributed by atoms with Gasteiger partial charge < -0.3 is 27.6 Å². The van der Waals surface area contributed by atoms with E-state index in [0.717, 1.165) is 16.8 Å². The van der Waals surface area contributed by atoms with E-state index in [2.05, 4.69) is 24.8 Å². The Labute approximate surface area is 355 Å². The number of nitrogens with zero attached hydrogens (tertiary/aromatic N) is 8. The normalized spacial score (nSPS) is 13.8. The van der Waals surface area contributed by atoms with E-state index in [1.54, 1.807) is 12.4 Å². The fourth-order valence-corrected chi connectivity index (χ4v) is 8.60. The Kier molecular flexibility index (Phi) is 8.55. The summed E-state index contributed by atoms with van der Waals surface area (Å²) in [4.78, 5) is 23.9. The molecule has 4 aromatic heterocycles. The van der Waals surface area contributed by atoms with E-state index < -0.39 is 14.5 Å². The number of nitriles is 1. The third kappa shape index (κ3) is 5.69. The molecule has 0 radical (unpaired) electrons. The number of hydrogen-bond donors (Lipinski definition) is 0. The smallest absolute Gasteiger partial charge is 0.503 e. The van der Waals surface area contributed by atoms with Gasteiger partial charge in [-0.2, -0.15) is 5.26 Å². The van der Waals surface area contributed by atoms with Crippen LogP contribution in [-0.2, 0) is 0 Å². The van der Waals surface area contributed by atoms with Crippen LogP contribution in [0, 0.1) is 24.8 Å². The van der Waals surface area contributed by atoms with Crippen molar-refractivity contribution < 1.29 is 18.6 Å². The van der Waals surface area contributed by atoms with Crippen molar-refractivity contribution in [2.45, 2.75) is 26.7 Å². The monoisotopic (exact) mass is 806 g/mol. The van der Waals surface area contributed by atoms with Crippen LogP contribution in [0.5, 0.6) is 23.0 Å². The van der Waals surface area contributed by atoms with Crippen LogP contribution in [-0.4, -0.2) is 43.4 Å². The van der Waals surface area contributed by atoms with Gasteiger partial charge in [0.05, 0.1) is 56.9 Å². The van der Waals surface area contributed by atoms with E-state index in [9.17, 15) is 5.26 Å². The zero-order chi connectivity index (χ0) is 42.1. The van der Waals surface area contributed by atoms with Crippen LogP contribution in [0.3, 0.4) is 0 Å². The largest absolute Gasteiger partial charge is 0.743 e. The summed E-state index contributed by atoms with van der Waals surface area (Å²) < 4.78 is 30.6. The first-order valence-corrected chi connectivity index (χ1v) is 20.1. The molecule has 0 saturated carbocycles. The molecule has 0 aliphatic carbocycles. The molecule has 0 N–H and O–H groups in total. The Morgan fingerprint density at radius 1 is 0.629 bits per heavy atom. The van der Waals surface area contributed by atoms with Crippen LogP contribution in [0.25, 0.3) is 60.2 Å². The number of para-hydroxylation sites is 8. The highest BCUT2D eigenvalue weighted by Gasteiger charge is 2.45. The first kappa shape index (κ1) is 36.7. The number of aromatic nitrogens is 6. The standard InChI is InChI=1S/C48H32B2N8O4/c1-28(2)45-42-43(47(57(45)49-59-38-21-11-12-22-39(38)60-49)31(25-51)36-26-53-32-17-7-9-19-34(32)55-36)46(30-16-6-5-15-29(30)3)58(50-61-40-23-13-14-24-41(40)62-50)48(42)44(52-4)37-27-54-33-18-8-10-20-35(33)56-37/h5-24,26-28H,1-3H3/b47-31-,48-44+. The van der Waals surface area contributed by atoms with E-state index in [1.807, 2.05) is 137 Å². The Morgan fingerprint density at radius 2 is 1.11 bits per heavy atom. The van der Waals surface area contributed by atoms with E-state index in [0.29, 0.717) is 83.6 Å². The first-order valence-electron chi connectivity index (χ1n) is 20.1. The van der Waals surface area contributed by atoms with Gasteiger partial charge in [-0.15, -0.1) is 0 Å². The van der Waals surface area contributed by atoms with Crippen LogP contribution < -0.4 is 29.3 Å². The molecule has 0 fully saturated rings. The van der Waals surface area contributed by atoms with Gasteiger partial charge in [0.15, 0.2) is 0 Å². The second-order valence-corrected chi connectivity index (χ2v) is 15.3. The third-order valence-corrected chi connectivity index (χ3v) is 11.3. The lowest BCUT2D eigenvalue weighted by molar-refractivity contribution is 0.473. The topological polar surface area (TPSA) is 126 Å². The molecular weight excluding hydrogens is 774 g/mol. The minimum absolute atomic E-state index is 0.197. The average molecular weight is 806 g/mol. The molecule has 0 unspecified atom stereocenters. The highest BCUT2D eigenvalue weighted by atomic mass is 16.6. The molecule has 0 atom stereocenters. The van der Waals surface area contributed by atoms with Crippen molar-refractivity contribution in [3.63, 3.8) is 0 Å². The number of benzene rings is 5. The number of hydrogen-bond acceptors (Lipinski definition) is 9. The van der Waals surface area contributed by atoms with Crippen molar-refractivity contribution in [3.05, 3.63) is 178 Å². The molecule has 2 aliphatic heterocycles. The highest BCUT2D eigenvalue weighted by molar-refractivity contribution is 6.49. The zero-order valence-corrected chi connectivity index (χ0v) is 33.6. The summed E-state index contributed by atoms with van der Waals surface area (Å²) in [6.45, 7) is 15.2. The molecule has 294 valence electrons. The fraction of sp³-hybridized carbons (Fsp3) is 0.0833. The van der Waals surface area contributed by atoms with Crippen molar-refractivity contribution >= 4 is 58.6 Å². The predicted molar refractivity (Wildman–Crippen MR) is 237 cm³/mol. The Hall–Kier alpha value is -8.35. The second kappa shape index (κ2) is 14.4. The lowest BCUT2D eigenvalue weighted by atomic mass is 9.99. The Balaban J connectivity index is 1.40. The molecule has 14 heteroatoms. The molecule has 2 aliphatic rings. The third-order valence-electron chi connectivity index (χ3n) is 11.3. The molecule has 11 rings (SSSR count). The second-order valence-electron chi connectivity index (χ2n) is 15.3. The zero-order valence-electron chi connectivity index (χ0n) is 33.6. The highest BCUT2D eigenvalue weighted by Crippen LogP contribution is 2.40. The van der Waals surface area contributed by atoms with Crippen LogP contribution in [0.2, 0.25) is 0 Å². The van der Waals surface area contributed by atoms with Crippen LogP contribution in [0.1, 0.15) is 42.4 Å². The van der Waals surface area contributed by atoms with Crippen molar-refractivity contribution in [2.24, 2.45) is 0 Å². The van der Waals surface area contributed by atoms with Crippen LogP contribution in [0.4, 0.5) is 0 Å². The quantitative estimate of drug-likeness (QED) is 0.122. The summed E-state index contributed by atoms with van der Waals surface area (Å²) in [7, 11) is -2.15. The fourth-order valence-electron chi connectivity index (χ4n) is 8.60. The molecule has 0 saturated heterocycles. The molecule has 12 nitrogen and oxygen atoms in total. The summed E-state index contributed by atoms with van der Waals surface area (Å²) in [5.41, 5.74) is 6.84. The minimum Gasteiger partial charge on any atom is -0.503 e. The average Bonchev–Trinajstić information content (AvgIpc) is 4.08. The van der Waals surface area contributed by atoms with Crippen LogP contribution in [0.15, 0.2) is 134 Å². The number of aryl methyl sites for hydroxylation is 1. The van der Waals surface area contributed by atoms with E-state index in [-0.39, 0.29) is 17.2 Å². The lowest BCUT2D eigenvalue weighted by Gasteiger charge is -2.18. The van der Waals surface area contributed by atoms with E-state index in [4.69, 9.17) is 45.1 Å². The Bertz CT molecular complexity index is 3400. The van der Waals surface area contributed by atoms with Gasteiger partial charge in [-0.3, -0.25) is 15.0 Å². The van der Waals surface area contributed by atoms with Gasteiger partial charge in [-0.05, 0) is 66.9 Å². The summed E-state index contributed by atoms with van der Waals surface area (Å²) in [6.07, 6.45) is 3.25. The summed E-state index contributed by atoms with van der Waals surface area (Å²) >= 11 is 0. The van der Waals surface area contributed by atoms with E-state index >= 15 is 0 Å². The number of fused-ring (bicyclic) bond motifs is 5. The molecule has 6 heterocycles. The summed E-state index contributed by atoms with van der Waals surface area (Å²) in [5.74, 6) is 1.94. The van der Waals surface area contributed by atoms with Crippen molar-refractivity contribution in [1.82, 2.24) is 28.9 Å². The molecule has 0 amide bonds. The van der Waals surface area contributed by atoms with E-state index in [1.165, 1.54) is 0 Å². The molecule has 9 aromatic rings. The molecule has 5 aromatic carbocycles. The van der Waals surface area contributed by atoms with Gasteiger partial charge in [-0.25, -0.2) is 9.83 Å². The maximum Gasteiger partial charge on any atom is 0.743 e. The SMILES string of the molecule is [C-]#[N+]/C(c1cnc2ccccc2n1)=c1\c2c(C(C)C)n(B3Oc4ccccc4O3)/c(=C(/C#N)c3cnc4ccccc4n3)c2c(-c2ccccc2C)n1B1Oc2ccccc2O1. The van der Waals surface area contributed by atoms with Gasteiger partial charge in [0.25, 0.3) is 0 Å². The number of rotatable bonds is 6. The van der Waals surface area contributed by atoms with Crippen molar-refractivity contribution in [3.8, 4) is 40.3 Å². The van der Waals surface area contributed by atoms with Crippen molar-refractivity contribution in [2.75, 3.05) is 0 Å². The van der Waals surface area contributed by atoms with Gasteiger partial charge in [-0.1, -0.05) is 86.6 Å². The van der Waals surface area contributed by atoms with Crippen LogP contribution >= 0.6 is 0 Å². The summed E-state index contributed by atoms with van der Waals surface area (Å²) in [6, 6.07) is 40.6. The van der Waals surface area contributed by atoms with Gasteiger partial charge in [0.1, 0.15) is 40.3 Å². The summed E-state index contributed by atoms with van der Waals surface area (Å²) in [5, 5.41) is 13.7. The maximum atomic E-state index is 11.5. The predicted octanol–water partition coefficient (Wildman–Crippen LogP) is 7.84. The first-order chi connectivity index (χ1) is 30.4. The molecule has 0 bridgehead atoms. The van der Waals surface area contributed by atoms with Gasteiger partial charge >= 0.3 is 14.5 Å². The molecule has 0 spiro atoms. The Morgan fingerprint density at radius 3 is 1.65 bits per heavy atom. The molecular formula is C48H32B2N8O4. The minimum atomic E-state index is -1.09. The van der Waals surface area contributed by atoms with Gasteiger partial charge in [0.2, 0.25) is 5.70 Å². The maximum absolute atomic E-state index is 11.5. The molecule has 62 heavy (non-hydrogen) atoms.